The molecule has 0 fully saturated rings. The van der Waals surface area contributed by atoms with E-state index < -0.39 is 0 Å². The van der Waals surface area contributed by atoms with Crippen LogP contribution in [0.5, 0.6) is 0 Å². The maximum Gasteiger partial charge on any atom is 0.107 e. The Balaban J connectivity index is -0.00000000500. The van der Waals surface area contributed by atoms with Crippen LogP contribution in [0.1, 0.15) is 14.9 Å². The zero-order valence-corrected chi connectivity index (χ0v) is 4.98. The van der Waals surface area contributed by atoms with Gasteiger partial charge in [0.1, 0.15) is 0.594 Å². The van der Waals surface area contributed by atoms with Crippen LogP contribution in [0.3, 0.4) is 0 Å². The second-order valence-electron chi connectivity index (χ2n) is 0. The maximum atomic E-state index is 5.72. The Morgan fingerprint density at radius 3 is 1.20 bits per heavy atom. The fourth-order valence-electron chi connectivity index (χ4n) is 0. The summed E-state index contributed by atoms with van der Waals surface area (Å²) in [5, 5.41) is 0. The van der Waals surface area contributed by atoms with Gasteiger partial charge in [-0.1, -0.05) is 14.9 Å². The first-order chi connectivity index (χ1) is 2.00. The Bertz CT molecular complexity index is 11.5. The van der Waals surface area contributed by atoms with Crippen molar-refractivity contribution in [3.63, 3.8) is 0 Å². The molecular formula is C2H9IS2. The van der Waals surface area contributed by atoms with Gasteiger partial charge in [-0.3, -0.25) is 0 Å². The van der Waals surface area contributed by atoms with E-state index in [2.05, 4.69) is 22.4 Å². The van der Waals surface area contributed by atoms with Crippen LogP contribution in [-0.2, 0) is 22.4 Å². The molecule has 0 aliphatic carbocycles. The summed E-state index contributed by atoms with van der Waals surface area (Å²) in [5.74, 6) is 0. The summed E-state index contributed by atoms with van der Waals surface area (Å²) >= 11 is 8.73. The maximum absolute atomic E-state index is 5.72. The van der Waals surface area contributed by atoms with Gasteiger partial charge in [-0.2, -0.15) is 0 Å². The smallest absolute Gasteiger partial charge is 0.107 e. The molecule has 0 aromatic heterocycles. The Labute approximate surface area is 61.5 Å². The Kier molecular flexibility index (Phi) is 216. The minimum Gasteiger partial charge on any atom is -0.107 e. The van der Waals surface area contributed by atoms with Gasteiger partial charge in [-0.25, -0.2) is 0 Å². The van der Waals surface area contributed by atoms with E-state index in [-0.39, 0.29) is 14.9 Å². The van der Waals surface area contributed by atoms with Gasteiger partial charge in [0.25, 0.3) is 0 Å². The van der Waals surface area contributed by atoms with Crippen LogP contribution in [-0.4, -0.2) is 0.594 Å². The van der Waals surface area contributed by atoms with Gasteiger partial charge in [0, 0.05) is 22.4 Å². The quantitative estimate of drug-likeness (QED) is 0.578. The molecule has 0 aliphatic rings. The molecule has 36 valence electrons. The summed E-state index contributed by atoms with van der Waals surface area (Å²) in [6.07, 6.45) is 0. The molecule has 0 aromatic rings. The summed E-state index contributed by atoms with van der Waals surface area (Å²) in [7, 11) is 0. The monoisotopic (exact) mass is 226 g/mol. The average Bonchev–Trinajstić information content (AvgIpc) is 1.50. The molecule has 0 N–H and O–H groups in total. The Morgan fingerprint density at radius 1 is 1.20 bits per heavy atom. The molecule has 0 saturated heterocycles. The molecule has 0 heterocycles. The van der Waals surface area contributed by atoms with Crippen molar-refractivity contribution in [2.45, 2.75) is 14.9 Å². The van der Waals surface area contributed by atoms with Crippen molar-refractivity contribution in [3.05, 3.63) is 0 Å². The summed E-state index contributed by atoms with van der Waals surface area (Å²) in [6.45, 7) is 0. The van der Waals surface area contributed by atoms with Crippen molar-refractivity contribution in [2.24, 2.45) is 0 Å². The van der Waals surface area contributed by atoms with E-state index >= 15 is 0 Å². The van der Waals surface area contributed by atoms with Gasteiger partial charge < -0.3 is 0 Å². The minimum absolute atomic E-state index is 0. The van der Waals surface area contributed by atoms with E-state index in [4.69, 9.17) is 0.594 Å². The third-order valence-corrected chi connectivity index (χ3v) is 0. The number of rotatable bonds is 0. The first-order valence-electron chi connectivity index (χ1n) is 0.545. The molecule has 0 radical (unpaired) electrons. The highest BCUT2D eigenvalue weighted by atomic mass is 127. The molecule has 0 unspecified atom stereocenters. The lowest BCUT2D eigenvalue weighted by atomic mass is 12.0. The van der Waals surface area contributed by atoms with Crippen LogP contribution in [0.25, 0.3) is 0 Å². The molecule has 0 aliphatic heterocycles. The molecular weight excluding hydrogens is 215 g/mol. The van der Waals surface area contributed by atoms with Crippen molar-refractivity contribution < 1.29 is 0 Å². The van der Waals surface area contributed by atoms with E-state index in [1.54, 1.807) is 0 Å². The lowest BCUT2D eigenvalue weighted by molar-refractivity contribution is 2.50. The van der Waals surface area contributed by atoms with Crippen LogP contribution in [0.15, 0.2) is 0 Å². The normalized spacial score (nSPS) is 2.20. The SMILES string of the molecule is C.C.S=S.[3H]I. The second-order valence-corrected chi connectivity index (χ2v) is 0. The van der Waals surface area contributed by atoms with Crippen LogP contribution in [0.2, 0.25) is 0 Å². The zero-order valence-electron chi connectivity index (χ0n) is 2.19. The molecule has 0 amide bonds. The van der Waals surface area contributed by atoms with E-state index in [1.807, 2.05) is 0 Å². The highest BCUT2D eigenvalue weighted by molar-refractivity contribution is 14.0. The topological polar surface area (TPSA) is 0 Å². The van der Waals surface area contributed by atoms with E-state index in [0.29, 0.717) is 0 Å². The summed E-state index contributed by atoms with van der Waals surface area (Å²) < 4.78 is 5.72. The van der Waals surface area contributed by atoms with Gasteiger partial charge in [-0.15, -0.1) is 23.8 Å². The predicted molar refractivity (Wildman–Crippen MR) is 43.6 cm³/mol. The summed E-state index contributed by atoms with van der Waals surface area (Å²) in [6, 6.07) is 0. The molecule has 0 aromatic carbocycles. The van der Waals surface area contributed by atoms with Crippen LogP contribution in [0, 0.1) is 0 Å². The largest absolute Gasteiger partial charge is 0.107 e. The van der Waals surface area contributed by atoms with Gasteiger partial charge in [0.2, 0.25) is 0 Å². The number of hydrogen-bond donors (Lipinski definition) is 0. The molecule has 0 rings (SSSR count). The average molecular weight is 226 g/mol. The van der Waals surface area contributed by atoms with Crippen molar-refractivity contribution in [3.8, 4) is 0 Å². The summed E-state index contributed by atoms with van der Waals surface area (Å²) in [4.78, 5) is 0. The van der Waals surface area contributed by atoms with Crippen LogP contribution in [0.4, 0.5) is 0 Å². The standard InChI is InChI=1S/2CH4.HI.S2/c;;;1-2/h2*1H4;1H;/i/hT. The molecule has 5 heavy (non-hydrogen) atoms. The fourth-order valence-corrected chi connectivity index (χ4v) is 0. The van der Waals surface area contributed by atoms with Crippen molar-refractivity contribution in [1.29, 1.82) is 0.594 Å². The van der Waals surface area contributed by atoms with Crippen molar-refractivity contribution >= 4 is 46.2 Å². The van der Waals surface area contributed by atoms with Gasteiger partial charge >= 0.3 is 0 Å². The fraction of sp³-hybridized carbons (Fsp3) is 1.00. The minimum atomic E-state index is 0. The highest BCUT2D eigenvalue weighted by Crippen LogP contribution is 0.886. The lowest BCUT2D eigenvalue weighted by Gasteiger charge is -0.707. The van der Waals surface area contributed by atoms with Crippen LogP contribution >= 0.6 is 23.8 Å². The third-order valence-electron chi connectivity index (χ3n) is 0. The van der Waals surface area contributed by atoms with E-state index in [9.17, 15) is 0 Å². The third kappa shape index (κ3) is 38.0. The molecule has 0 bridgehead atoms. The molecule has 0 spiro atoms. The number of halogens is 1. The van der Waals surface area contributed by atoms with Gasteiger partial charge in [0.15, 0.2) is 0 Å². The number of hydrogen-bond acceptors (Lipinski definition) is 2. The van der Waals surface area contributed by atoms with E-state index in [0.717, 1.165) is 0 Å². The first-order valence-corrected chi connectivity index (χ1v) is 1.50. The predicted octanol–water partition coefficient (Wildman–Crippen LogP) is 1.89. The van der Waals surface area contributed by atoms with Gasteiger partial charge in [-0.05, 0) is 0 Å². The second kappa shape index (κ2) is 65.7. The van der Waals surface area contributed by atoms with Crippen molar-refractivity contribution in [2.75, 3.05) is 0 Å². The Morgan fingerprint density at radius 2 is 1.20 bits per heavy atom. The van der Waals surface area contributed by atoms with E-state index in [1.165, 1.54) is 23.8 Å². The lowest BCUT2D eigenvalue weighted by Crippen LogP contribution is -0.710. The first kappa shape index (κ1) is 16.4. The Hall–Kier alpha value is 1.17. The summed E-state index contributed by atoms with van der Waals surface area (Å²) in [5.41, 5.74) is 0. The molecule has 3 heteroatoms. The van der Waals surface area contributed by atoms with Crippen molar-refractivity contribution in [1.82, 2.24) is 0 Å². The zero-order chi connectivity index (χ0) is 4.00. The molecule has 0 nitrogen and oxygen atoms in total. The van der Waals surface area contributed by atoms with Gasteiger partial charge in [0.05, 0.1) is 0 Å². The van der Waals surface area contributed by atoms with Crippen LogP contribution < -0.4 is 0 Å². The molecule has 0 saturated carbocycles. The molecule has 0 atom stereocenters. The highest BCUT2D eigenvalue weighted by Gasteiger charge is 0.707.